The van der Waals surface area contributed by atoms with Crippen molar-refractivity contribution in [3.8, 4) is 0 Å². The molecule has 2 aromatic rings. The van der Waals surface area contributed by atoms with Crippen molar-refractivity contribution in [3.05, 3.63) is 47.0 Å². The predicted octanol–water partition coefficient (Wildman–Crippen LogP) is 2.46. The van der Waals surface area contributed by atoms with Gasteiger partial charge in [-0.1, -0.05) is 17.7 Å². The van der Waals surface area contributed by atoms with Gasteiger partial charge in [0.15, 0.2) is 0 Å². The Morgan fingerprint density at radius 1 is 1.35 bits per heavy atom. The zero-order valence-corrected chi connectivity index (χ0v) is 9.58. The van der Waals surface area contributed by atoms with Crippen molar-refractivity contribution in [2.45, 2.75) is 6.54 Å². The Labute approximate surface area is 103 Å². The SMILES string of the molecule is Nc1cncc(NCc2ccc(F)c(Cl)c2)n1. The molecule has 0 saturated heterocycles. The van der Waals surface area contributed by atoms with E-state index in [9.17, 15) is 4.39 Å². The van der Waals surface area contributed by atoms with Gasteiger partial charge in [-0.05, 0) is 17.7 Å². The Bertz CT molecular complexity index is 533. The molecule has 0 bridgehead atoms. The molecule has 2 rings (SSSR count). The van der Waals surface area contributed by atoms with E-state index in [0.717, 1.165) is 5.56 Å². The molecular weight excluding hydrogens is 243 g/mol. The second kappa shape index (κ2) is 4.97. The van der Waals surface area contributed by atoms with E-state index < -0.39 is 5.82 Å². The highest BCUT2D eigenvalue weighted by atomic mass is 35.5. The molecule has 17 heavy (non-hydrogen) atoms. The summed E-state index contributed by atoms with van der Waals surface area (Å²) in [5.74, 6) is 0.469. The van der Waals surface area contributed by atoms with Crippen LogP contribution >= 0.6 is 11.6 Å². The molecule has 1 aromatic carbocycles. The number of benzene rings is 1. The zero-order valence-electron chi connectivity index (χ0n) is 8.82. The summed E-state index contributed by atoms with van der Waals surface area (Å²) >= 11 is 5.67. The number of nitrogens with two attached hydrogens (primary N) is 1. The number of nitrogens with one attached hydrogen (secondary N) is 1. The van der Waals surface area contributed by atoms with Crippen molar-refractivity contribution >= 4 is 23.2 Å². The summed E-state index contributed by atoms with van der Waals surface area (Å²) in [6, 6.07) is 4.53. The molecule has 0 aliphatic carbocycles. The Kier molecular flexibility index (Phi) is 3.39. The van der Waals surface area contributed by atoms with Crippen LogP contribution in [0.4, 0.5) is 16.0 Å². The molecule has 0 aliphatic heterocycles. The number of hydrogen-bond donors (Lipinski definition) is 2. The molecule has 0 unspecified atom stereocenters. The fraction of sp³-hybridized carbons (Fsp3) is 0.0909. The molecule has 0 fully saturated rings. The number of halogens is 2. The summed E-state index contributed by atoms with van der Waals surface area (Å²) in [5, 5.41) is 3.11. The molecule has 88 valence electrons. The normalized spacial score (nSPS) is 10.2. The van der Waals surface area contributed by atoms with E-state index in [1.54, 1.807) is 18.3 Å². The summed E-state index contributed by atoms with van der Waals surface area (Å²) in [7, 11) is 0. The van der Waals surface area contributed by atoms with Gasteiger partial charge in [-0.2, -0.15) is 0 Å². The Hall–Kier alpha value is -1.88. The summed E-state index contributed by atoms with van der Waals surface area (Å²) in [4.78, 5) is 7.92. The second-order valence-electron chi connectivity index (χ2n) is 3.43. The molecule has 0 saturated carbocycles. The van der Waals surface area contributed by atoms with Crippen LogP contribution in [0.5, 0.6) is 0 Å². The highest BCUT2D eigenvalue weighted by Crippen LogP contribution is 2.16. The highest BCUT2D eigenvalue weighted by Gasteiger charge is 2.01. The monoisotopic (exact) mass is 252 g/mol. The number of nitrogens with zero attached hydrogens (tertiary/aromatic N) is 2. The van der Waals surface area contributed by atoms with Gasteiger partial charge in [0.25, 0.3) is 0 Å². The topological polar surface area (TPSA) is 63.8 Å². The third-order valence-electron chi connectivity index (χ3n) is 2.11. The Balaban J connectivity index is 2.05. The van der Waals surface area contributed by atoms with Crippen molar-refractivity contribution in [1.29, 1.82) is 0 Å². The van der Waals surface area contributed by atoms with E-state index in [-0.39, 0.29) is 5.02 Å². The zero-order chi connectivity index (χ0) is 12.3. The lowest BCUT2D eigenvalue weighted by Crippen LogP contribution is -2.03. The first-order chi connectivity index (χ1) is 8.15. The van der Waals surface area contributed by atoms with Crippen LogP contribution in [0.25, 0.3) is 0 Å². The summed E-state index contributed by atoms with van der Waals surface area (Å²) in [6.45, 7) is 0.470. The maximum Gasteiger partial charge on any atom is 0.147 e. The van der Waals surface area contributed by atoms with Crippen LogP contribution in [0.15, 0.2) is 30.6 Å². The van der Waals surface area contributed by atoms with Gasteiger partial charge >= 0.3 is 0 Å². The Morgan fingerprint density at radius 3 is 2.88 bits per heavy atom. The number of rotatable bonds is 3. The largest absolute Gasteiger partial charge is 0.382 e. The van der Waals surface area contributed by atoms with Crippen LogP contribution in [0.3, 0.4) is 0 Å². The van der Waals surface area contributed by atoms with Crippen molar-refractivity contribution in [2.75, 3.05) is 11.1 Å². The molecule has 1 aromatic heterocycles. The average Bonchev–Trinajstić information content (AvgIpc) is 2.31. The van der Waals surface area contributed by atoms with Gasteiger partial charge in [0.1, 0.15) is 17.5 Å². The summed E-state index contributed by atoms with van der Waals surface area (Å²) in [6.07, 6.45) is 3.02. The van der Waals surface area contributed by atoms with Gasteiger partial charge in [-0.25, -0.2) is 9.37 Å². The lowest BCUT2D eigenvalue weighted by Gasteiger charge is -2.06. The van der Waals surface area contributed by atoms with Crippen molar-refractivity contribution in [1.82, 2.24) is 9.97 Å². The molecule has 4 nitrogen and oxygen atoms in total. The second-order valence-corrected chi connectivity index (χ2v) is 3.84. The molecule has 0 amide bonds. The fourth-order valence-electron chi connectivity index (χ4n) is 1.31. The van der Waals surface area contributed by atoms with Crippen LogP contribution in [0, 0.1) is 5.82 Å². The van der Waals surface area contributed by atoms with Crippen molar-refractivity contribution < 1.29 is 4.39 Å². The van der Waals surface area contributed by atoms with Crippen LogP contribution in [-0.2, 0) is 6.54 Å². The summed E-state index contributed by atoms with van der Waals surface area (Å²) in [5.41, 5.74) is 6.34. The number of aromatic nitrogens is 2. The molecule has 0 aliphatic rings. The third-order valence-corrected chi connectivity index (χ3v) is 2.40. The smallest absolute Gasteiger partial charge is 0.147 e. The van der Waals surface area contributed by atoms with Crippen molar-refractivity contribution in [3.63, 3.8) is 0 Å². The van der Waals surface area contributed by atoms with E-state index >= 15 is 0 Å². The van der Waals surface area contributed by atoms with Gasteiger partial charge in [-0.15, -0.1) is 0 Å². The fourth-order valence-corrected chi connectivity index (χ4v) is 1.51. The van der Waals surface area contributed by atoms with E-state index in [1.165, 1.54) is 12.3 Å². The predicted molar refractivity (Wildman–Crippen MR) is 65.2 cm³/mol. The standard InChI is InChI=1S/C11H10ClFN4/c12-8-3-7(1-2-9(8)13)4-16-11-6-15-5-10(14)17-11/h1-3,5-6H,4H2,(H3,14,16,17). The van der Waals surface area contributed by atoms with E-state index in [2.05, 4.69) is 15.3 Å². The maximum absolute atomic E-state index is 12.9. The van der Waals surface area contributed by atoms with Gasteiger partial charge < -0.3 is 11.1 Å². The van der Waals surface area contributed by atoms with E-state index in [1.807, 2.05) is 0 Å². The van der Waals surface area contributed by atoms with Crippen LogP contribution in [0.2, 0.25) is 5.02 Å². The first kappa shape index (κ1) is 11.6. The number of hydrogen-bond acceptors (Lipinski definition) is 4. The average molecular weight is 253 g/mol. The van der Waals surface area contributed by atoms with Crippen molar-refractivity contribution in [2.24, 2.45) is 0 Å². The molecule has 1 heterocycles. The van der Waals surface area contributed by atoms with Gasteiger partial charge in [-0.3, -0.25) is 4.98 Å². The molecule has 0 atom stereocenters. The quantitative estimate of drug-likeness (QED) is 0.881. The molecule has 3 N–H and O–H groups in total. The van der Waals surface area contributed by atoms with Crippen LogP contribution < -0.4 is 11.1 Å². The molecule has 0 radical (unpaired) electrons. The number of nitrogen functional groups attached to an aromatic ring is 1. The van der Waals surface area contributed by atoms with E-state index in [4.69, 9.17) is 17.3 Å². The maximum atomic E-state index is 12.9. The first-order valence-electron chi connectivity index (χ1n) is 4.90. The van der Waals surface area contributed by atoms with Gasteiger partial charge in [0, 0.05) is 6.54 Å². The first-order valence-corrected chi connectivity index (χ1v) is 5.28. The lowest BCUT2D eigenvalue weighted by molar-refractivity contribution is 0.627. The minimum atomic E-state index is -0.431. The highest BCUT2D eigenvalue weighted by molar-refractivity contribution is 6.30. The summed E-state index contributed by atoms with van der Waals surface area (Å²) < 4.78 is 12.9. The number of anilines is 2. The minimum absolute atomic E-state index is 0.1000. The minimum Gasteiger partial charge on any atom is -0.382 e. The molecule has 0 spiro atoms. The third kappa shape index (κ3) is 3.04. The molecular formula is C11H10ClFN4. The molecule has 6 heteroatoms. The van der Waals surface area contributed by atoms with E-state index in [0.29, 0.717) is 18.2 Å². The van der Waals surface area contributed by atoms with Crippen LogP contribution in [0.1, 0.15) is 5.56 Å². The lowest BCUT2D eigenvalue weighted by atomic mass is 10.2. The van der Waals surface area contributed by atoms with Crippen LogP contribution in [-0.4, -0.2) is 9.97 Å². The van der Waals surface area contributed by atoms with Gasteiger partial charge in [0.2, 0.25) is 0 Å². The Morgan fingerprint density at radius 2 is 2.18 bits per heavy atom. The van der Waals surface area contributed by atoms with Gasteiger partial charge in [0.05, 0.1) is 17.4 Å².